The van der Waals surface area contributed by atoms with Crippen LogP contribution in [0.15, 0.2) is 18.3 Å². The van der Waals surface area contributed by atoms with Crippen molar-refractivity contribution >= 4 is 36.5 Å². The van der Waals surface area contributed by atoms with Gasteiger partial charge in [-0.1, -0.05) is 12.8 Å². The van der Waals surface area contributed by atoms with Crippen molar-refractivity contribution in [3.05, 3.63) is 23.9 Å². The number of pyridine rings is 1. The molecule has 1 aliphatic carbocycles. The molecular weight excluding hydrogens is 383 g/mol. The van der Waals surface area contributed by atoms with Crippen LogP contribution in [0.3, 0.4) is 0 Å². The summed E-state index contributed by atoms with van der Waals surface area (Å²) in [6, 6.07) is 4.17. The fraction of sp³-hybridized carbons (Fsp3) is 0.700. The fourth-order valence-corrected chi connectivity index (χ4v) is 4.92. The summed E-state index contributed by atoms with van der Waals surface area (Å²) in [6.07, 6.45) is 10.4. The van der Waals surface area contributed by atoms with Gasteiger partial charge >= 0.3 is 0 Å². The first-order valence-corrected chi connectivity index (χ1v) is 9.97. The Bertz CT molecular complexity index is 624. The minimum Gasteiger partial charge on any atom is -0.357 e. The smallest absolute Gasteiger partial charge is 0.228 e. The zero-order valence-corrected chi connectivity index (χ0v) is 17.5. The minimum atomic E-state index is -0.166. The number of hydrogen-bond donors (Lipinski definition) is 2. The van der Waals surface area contributed by atoms with Gasteiger partial charge in [0.1, 0.15) is 5.82 Å². The molecule has 0 spiro atoms. The molecule has 0 unspecified atom stereocenters. The molecule has 2 saturated heterocycles. The summed E-state index contributed by atoms with van der Waals surface area (Å²) in [7, 11) is 0. The number of fused-ring (bicyclic) bond motifs is 1. The molecule has 1 saturated carbocycles. The Hall–Kier alpha value is -1.04. The molecule has 3 aliphatic rings. The third-order valence-corrected chi connectivity index (χ3v) is 6.43. The lowest BCUT2D eigenvalue weighted by Crippen LogP contribution is -2.47. The van der Waals surface area contributed by atoms with Crippen LogP contribution < -0.4 is 15.5 Å². The molecule has 1 amide bonds. The molecule has 4 rings (SSSR count). The summed E-state index contributed by atoms with van der Waals surface area (Å²) < 4.78 is 0. The number of nitrogens with one attached hydrogen (secondary N) is 2. The average molecular weight is 415 g/mol. The SMILES string of the molecule is Cl.Cl.O=C(NCc1ccnc(N2CCCCC2)c1)[C@@]12CCCC[C@H]1CNC2. The van der Waals surface area contributed by atoms with Crippen molar-refractivity contribution in [1.29, 1.82) is 0 Å². The first kappa shape index (κ1) is 22.3. The van der Waals surface area contributed by atoms with E-state index in [4.69, 9.17) is 0 Å². The molecule has 27 heavy (non-hydrogen) atoms. The van der Waals surface area contributed by atoms with Gasteiger partial charge in [-0.25, -0.2) is 4.98 Å². The van der Waals surface area contributed by atoms with Crippen LogP contribution in [0, 0.1) is 11.3 Å². The van der Waals surface area contributed by atoms with Gasteiger partial charge in [-0.2, -0.15) is 0 Å². The standard InChI is InChI=1S/C20H30N4O.2ClH/c25-19(20-8-3-2-6-17(20)14-21-15-20)23-13-16-7-9-22-18(12-16)24-10-4-1-5-11-24;;/h7,9,12,17,21H,1-6,8,10-11,13-15H2,(H,23,25);2*1H/t17-,20+;;/m0../s1. The van der Waals surface area contributed by atoms with Gasteiger partial charge in [0.2, 0.25) is 5.91 Å². The van der Waals surface area contributed by atoms with Crippen molar-refractivity contribution in [3.63, 3.8) is 0 Å². The highest BCUT2D eigenvalue weighted by molar-refractivity contribution is 5.85. The summed E-state index contributed by atoms with van der Waals surface area (Å²) in [4.78, 5) is 19.9. The van der Waals surface area contributed by atoms with Crippen LogP contribution in [0.1, 0.15) is 50.5 Å². The quantitative estimate of drug-likeness (QED) is 0.792. The largest absolute Gasteiger partial charge is 0.357 e. The van der Waals surface area contributed by atoms with E-state index in [1.807, 2.05) is 12.3 Å². The summed E-state index contributed by atoms with van der Waals surface area (Å²) in [5.41, 5.74) is 0.986. The predicted octanol–water partition coefficient (Wildman–Crippen LogP) is 3.31. The Morgan fingerprint density at radius 2 is 2.04 bits per heavy atom. The molecule has 0 bridgehead atoms. The van der Waals surface area contributed by atoms with E-state index in [-0.39, 0.29) is 36.1 Å². The number of nitrogens with zero attached hydrogens (tertiary/aromatic N) is 2. The van der Waals surface area contributed by atoms with Gasteiger partial charge in [0.15, 0.2) is 0 Å². The van der Waals surface area contributed by atoms with Gasteiger partial charge in [-0.05, 0) is 62.3 Å². The molecule has 0 aromatic carbocycles. The second-order valence-corrected chi connectivity index (χ2v) is 7.98. The molecule has 5 nitrogen and oxygen atoms in total. The van der Waals surface area contributed by atoms with E-state index < -0.39 is 0 Å². The zero-order chi connectivity index (χ0) is 17.1. The van der Waals surface area contributed by atoms with Crippen LogP contribution in [-0.2, 0) is 11.3 Å². The molecule has 3 heterocycles. The van der Waals surface area contributed by atoms with E-state index in [0.717, 1.165) is 44.0 Å². The van der Waals surface area contributed by atoms with Crippen molar-refractivity contribution in [2.75, 3.05) is 31.1 Å². The second kappa shape index (κ2) is 9.94. The van der Waals surface area contributed by atoms with Gasteiger partial charge in [-0.15, -0.1) is 24.8 Å². The fourth-order valence-electron chi connectivity index (χ4n) is 4.92. The van der Waals surface area contributed by atoms with Crippen LogP contribution in [0.2, 0.25) is 0 Å². The maximum absolute atomic E-state index is 13.0. The lowest BCUT2D eigenvalue weighted by Gasteiger charge is -2.37. The summed E-state index contributed by atoms with van der Waals surface area (Å²) in [5.74, 6) is 1.82. The second-order valence-electron chi connectivity index (χ2n) is 7.98. The zero-order valence-electron chi connectivity index (χ0n) is 15.9. The highest BCUT2D eigenvalue weighted by atomic mass is 35.5. The number of carbonyl (C=O) groups is 1. The van der Waals surface area contributed by atoms with Crippen molar-refractivity contribution < 1.29 is 4.79 Å². The van der Waals surface area contributed by atoms with E-state index in [2.05, 4.69) is 26.6 Å². The monoisotopic (exact) mass is 414 g/mol. The van der Waals surface area contributed by atoms with Gasteiger partial charge in [0, 0.05) is 32.4 Å². The number of hydrogen-bond acceptors (Lipinski definition) is 4. The van der Waals surface area contributed by atoms with E-state index in [9.17, 15) is 4.79 Å². The van der Waals surface area contributed by atoms with Crippen LogP contribution >= 0.6 is 24.8 Å². The highest BCUT2D eigenvalue weighted by Gasteiger charge is 2.49. The summed E-state index contributed by atoms with van der Waals surface area (Å²) in [6.45, 7) is 4.65. The Morgan fingerprint density at radius 3 is 2.85 bits per heavy atom. The molecule has 2 atom stereocenters. The number of amides is 1. The van der Waals surface area contributed by atoms with E-state index >= 15 is 0 Å². The Labute approximate surface area is 174 Å². The molecule has 1 aromatic rings. The van der Waals surface area contributed by atoms with E-state index in [1.54, 1.807) is 0 Å². The number of aromatic nitrogens is 1. The Morgan fingerprint density at radius 1 is 1.22 bits per heavy atom. The van der Waals surface area contributed by atoms with Crippen molar-refractivity contribution in [2.24, 2.45) is 11.3 Å². The number of halogens is 2. The third kappa shape index (κ3) is 4.69. The van der Waals surface area contributed by atoms with Crippen molar-refractivity contribution in [2.45, 2.75) is 51.5 Å². The molecule has 0 radical (unpaired) electrons. The maximum atomic E-state index is 13.0. The molecular formula is C20H32Cl2N4O. The molecule has 1 aromatic heterocycles. The Kier molecular flexibility index (Phi) is 8.20. The first-order chi connectivity index (χ1) is 12.3. The van der Waals surface area contributed by atoms with Crippen LogP contribution in [0.4, 0.5) is 5.82 Å². The highest BCUT2D eigenvalue weighted by Crippen LogP contribution is 2.43. The topological polar surface area (TPSA) is 57.3 Å². The van der Waals surface area contributed by atoms with Gasteiger partial charge in [0.05, 0.1) is 5.41 Å². The van der Waals surface area contributed by atoms with Gasteiger partial charge in [0.25, 0.3) is 0 Å². The molecule has 152 valence electrons. The lowest BCUT2D eigenvalue weighted by molar-refractivity contribution is -0.134. The van der Waals surface area contributed by atoms with E-state index in [1.165, 1.54) is 38.5 Å². The molecule has 7 heteroatoms. The number of piperidine rings is 1. The van der Waals surface area contributed by atoms with E-state index in [0.29, 0.717) is 12.5 Å². The molecule has 2 N–H and O–H groups in total. The Balaban J connectivity index is 0.00000131. The first-order valence-electron chi connectivity index (χ1n) is 9.97. The average Bonchev–Trinajstić information content (AvgIpc) is 3.12. The normalized spacial score (nSPS) is 27.1. The maximum Gasteiger partial charge on any atom is 0.228 e. The number of rotatable bonds is 4. The number of carbonyl (C=O) groups excluding carboxylic acids is 1. The van der Waals surface area contributed by atoms with Crippen LogP contribution in [-0.4, -0.2) is 37.1 Å². The minimum absolute atomic E-state index is 0. The lowest BCUT2D eigenvalue weighted by atomic mass is 9.67. The summed E-state index contributed by atoms with van der Waals surface area (Å²) >= 11 is 0. The molecule has 3 fully saturated rings. The van der Waals surface area contributed by atoms with Crippen molar-refractivity contribution in [1.82, 2.24) is 15.6 Å². The molecule has 2 aliphatic heterocycles. The number of anilines is 1. The summed E-state index contributed by atoms with van der Waals surface area (Å²) in [5, 5.41) is 6.69. The van der Waals surface area contributed by atoms with Crippen LogP contribution in [0.5, 0.6) is 0 Å². The van der Waals surface area contributed by atoms with Crippen molar-refractivity contribution in [3.8, 4) is 0 Å². The van der Waals surface area contributed by atoms with Gasteiger partial charge in [-0.3, -0.25) is 4.79 Å². The predicted molar refractivity (Wildman–Crippen MR) is 114 cm³/mol. The third-order valence-electron chi connectivity index (χ3n) is 6.43. The van der Waals surface area contributed by atoms with Crippen LogP contribution in [0.25, 0.3) is 0 Å². The van der Waals surface area contributed by atoms with Gasteiger partial charge < -0.3 is 15.5 Å².